The smallest absolute Gasteiger partial charge is 0.124 e. The Morgan fingerprint density at radius 3 is 1.63 bits per heavy atom. The van der Waals surface area contributed by atoms with Gasteiger partial charge in [-0.25, -0.2) is 9.97 Å². The number of nitrogens with zero attached hydrogens (tertiary/aromatic N) is 4. The van der Waals surface area contributed by atoms with Gasteiger partial charge >= 0.3 is 0 Å². The summed E-state index contributed by atoms with van der Waals surface area (Å²) in [5.74, 6) is 0. The summed E-state index contributed by atoms with van der Waals surface area (Å²) < 4.78 is 4.74. The van der Waals surface area contributed by atoms with Crippen molar-refractivity contribution >= 4 is 75.7 Å². The van der Waals surface area contributed by atoms with Crippen LogP contribution in [-0.2, 0) is 0 Å². The fraction of sp³-hybridized carbons (Fsp3) is 0. The molecule has 0 saturated heterocycles. The van der Waals surface area contributed by atoms with Gasteiger partial charge in [0.2, 0.25) is 0 Å². The molecule has 0 amide bonds. The van der Waals surface area contributed by atoms with E-state index in [2.05, 4.69) is 126 Å². The van der Waals surface area contributed by atoms with Gasteiger partial charge in [-0.15, -0.1) is 22.7 Å². The Bertz CT molecular complexity index is 2760. The van der Waals surface area contributed by atoms with Crippen LogP contribution >= 0.6 is 22.7 Å². The van der Waals surface area contributed by atoms with Gasteiger partial charge in [-0.3, -0.25) is 0 Å². The maximum Gasteiger partial charge on any atom is 0.124 e. The van der Waals surface area contributed by atoms with Crippen LogP contribution in [0.3, 0.4) is 0 Å². The highest BCUT2D eigenvalue weighted by molar-refractivity contribution is 7.22. The van der Waals surface area contributed by atoms with Crippen LogP contribution in [0.2, 0.25) is 0 Å². The summed E-state index contributed by atoms with van der Waals surface area (Å²) >= 11 is 3.46. The Hall–Kier alpha value is -6.13. The van der Waals surface area contributed by atoms with E-state index in [-0.39, 0.29) is 0 Å². The number of hydrogen-bond donors (Lipinski definition) is 0. The van der Waals surface area contributed by atoms with Crippen LogP contribution in [0.25, 0.3) is 91.0 Å². The maximum atomic E-state index is 9.40. The van der Waals surface area contributed by atoms with E-state index < -0.39 is 0 Å². The molecule has 4 nitrogen and oxygen atoms in total. The highest BCUT2D eigenvalue weighted by Crippen LogP contribution is 2.40. The number of rotatable bonds is 4. The molecule has 0 radical (unpaired) electrons. The van der Waals surface area contributed by atoms with Crippen LogP contribution in [0.5, 0.6) is 0 Å². The summed E-state index contributed by atoms with van der Waals surface area (Å²) in [7, 11) is 0. The highest BCUT2D eigenvalue weighted by atomic mass is 32.1. The number of benzene rings is 7. The van der Waals surface area contributed by atoms with E-state index in [4.69, 9.17) is 9.97 Å². The molecule has 3 aromatic heterocycles. The van der Waals surface area contributed by atoms with E-state index in [9.17, 15) is 5.26 Å². The van der Waals surface area contributed by atoms with Crippen molar-refractivity contribution < 1.29 is 0 Å². The molecule has 0 aliphatic rings. The van der Waals surface area contributed by atoms with Crippen molar-refractivity contribution in [2.45, 2.75) is 0 Å². The number of nitriles is 1. The monoisotopic (exact) mass is 660 g/mol. The predicted octanol–water partition coefficient (Wildman–Crippen LogP) is 12.0. The van der Waals surface area contributed by atoms with Crippen LogP contribution in [-0.4, -0.2) is 14.5 Å². The van der Waals surface area contributed by atoms with Gasteiger partial charge in [-0.2, -0.15) is 5.26 Å². The topological polar surface area (TPSA) is 54.5 Å². The van der Waals surface area contributed by atoms with Gasteiger partial charge < -0.3 is 4.57 Å². The number of hydrogen-bond acceptors (Lipinski definition) is 5. The lowest BCUT2D eigenvalue weighted by Crippen LogP contribution is -1.94. The third kappa shape index (κ3) is 4.63. The van der Waals surface area contributed by atoms with Crippen LogP contribution in [0.15, 0.2) is 146 Å². The molecule has 0 spiro atoms. The predicted molar refractivity (Wildman–Crippen MR) is 206 cm³/mol. The first-order valence-electron chi connectivity index (χ1n) is 16.0. The second-order valence-corrected chi connectivity index (χ2v) is 14.3. The van der Waals surface area contributed by atoms with Gasteiger partial charge in [-0.05, 0) is 113 Å². The lowest BCUT2D eigenvalue weighted by Gasteiger charge is -2.10. The summed E-state index contributed by atoms with van der Waals surface area (Å²) in [6.45, 7) is 0. The molecule has 7 aromatic carbocycles. The summed E-state index contributed by atoms with van der Waals surface area (Å²) in [6.07, 6.45) is 0. The molecule has 49 heavy (non-hydrogen) atoms. The number of fused-ring (bicyclic) bond motifs is 6. The standard InChI is InChI=1S/C43H24N4S2/c44-25-26-9-10-28-11-12-29(22-32(28)21-26)27-13-17-33(18-14-27)47-38-19-15-30(42-45-36-5-1-3-7-40(36)48-42)23-34(38)35-24-31(16-20-39(35)47)43-46-37-6-2-4-8-41(37)49-43/h1-24H. The van der Waals surface area contributed by atoms with Crippen LogP contribution < -0.4 is 0 Å². The Kier molecular flexibility index (Phi) is 6.25. The first-order valence-corrected chi connectivity index (χ1v) is 17.7. The van der Waals surface area contributed by atoms with Crippen LogP contribution in [0.1, 0.15) is 5.56 Å². The van der Waals surface area contributed by atoms with Gasteiger partial charge in [0.05, 0.1) is 43.1 Å². The number of aromatic nitrogens is 3. The zero-order chi connectivity index (χ0) is 32.5. The summed E-state index contributed by atoms with van der Waals surface area (Å²) in [4.78, 5) is 9.96. The van der Waals surface area contributed by atoms with Gasteiger partial charge in [0, 0.05) is 27.6 Å². The Morgan fingerprint density at radius 2 is 1.04 bits per heavy atom. The molecule has 10 rings (SSSR count). The van der Waals surface area contributed by atoms with E-state index in [0.29, 0.717) is 5.56 Å². The Labute approximate surface area is 289 Å². The maximum absolute atomic E-state index is 9.40. The second kappa shape index (κ2) is 11.0. The molecular weight excluding hydrogens is 637 g/mol. The molecular formula is C43H24N4S2. The van der Waals surface area contributed by atoms with E-state index in [0.717, 1.165) is 70.8 Å². The van der Waals surface area contributed by atoms with Crippen molar-refractivity contribution in [3.63, 3.8) is 0 Å². The minimum Gasteiger partial charge on any atom is -0.309 e. The minimum absolute atomic E-state index is 0.670. The normalized spacial score (nSPS) is 11.7. The van der Waals surface area contributed by atoms with E-state index in [1.807, 2.05) is 30.3 Å². The first-order chi connectivity index (χ1) is 24.2. The molecule has 0 fully saturated rings. The summed E-state index contributed by atoms with van der Waals surface area (Å²) in [5.41, 5.74) is 10.6. The molecule has 0 unspecified atom stereocenters. The molecule has 228 valence electrons. The fourth-order valence-electron chi connectivity index (χ4n) is 6.86. The third-order valence-corrected chi connectivity index (χ3v) is 11.4. The molecule has 10 aromatic rings. The van der Waals surface area contributed by atoms with Crippen molar-refractivity contribution in [1.29, 1.82) is 5.26 Å². The Morgan fingerprint density at radius 1 is 0.490 bits per heavy atom. The average molecular weight is 661 g/mol. The zero-order valence-corrected chi connectivity index (χ0v) is 27.6. The molecule has 0 aliphatic heterocycles. The van der Waals surface area contributed by atoms with Gasteiger partial charge in [0.25, 0.3) is 0 Å². The number of thiazole rings is 2. The van der Waals surface area contributed by atoms with Gasteiger partial charge in [0.15, 0.2) is 0 Å². The van der Waals surface area contributed by atoms with E-state index >= 15 is 0 Å². The highest BCUT2D eigenvalue weighted by Gasteiger charge is 2.17. The molecule has 0 atom stereocenters. The van der Waals surface area contributed by atoms with Crippen molar-refractivity contribution in [2.24, 2.45) is 0 Å². The average Bonchev–Trinajstić information content (AvgIpc) is 3.88. The van der Waals surface area contributed by atoms with Crippen molar-refractivity contribution in [1.82, 2.24) is 14.5 Å². The molecule has 0 saturated carbocycles. The zero-order valence-electron chi connectivity index (χ0n) is 26.0. The number of para-hydroxylation sites is 2. The molecule has 0 N–H and O–H groups in total. The Balaban J connectivity index is 1.13. The fourth-order valence-corrected chi connectivity index (χ4v) is 8.78. The molecule has 0 aliphatic carbocycles. The molecule has 3 heterocycles. The SMILES string of the molecule is N#Cc1ccc2ccc(-c3ccc(-n4c5ccc(-c6nc7ccccc7s6)cc5c5cc(-c6nc7ccccc7s6)ccc54)cc3)cc2c1. The van der Waals surface area contributed by atoms with Crippen molar-refractivity contribution in [3.8, 4) is 44.0 Å². The largest absolute Gasteiger partial charge is 0.309 e. The van der Waals surface area contributed by atoms with Crippen molar-refractivity contribution in [3.05, 3.63) is 151 Å². The third-order valence-electron chi connectivity index (χ3n) is 9.27. The lowest BCUT2D eigenvalue weighted by atomic mass is 10.00. The summed E-state index contributed by atoms with van der Waals surface area (Å²) in [6, 6.07) is 53.4. The van der Waals surface area contributed by atoms with Crippen LogP contribution in [0.4, 0.5) is 0 Å². The second-order valence-electron chi connectivity index (χ2n) is 12.2. The quantitative estimate of drug-likeness (QED) is 0.189. The molecule has 6 heteroatoms. The van der Waals surface area contributed by atoms with Gasteiger partial charge in [0.1, 0.15) is 10.0 Å². The van der Waals surface area contributed by atoms with Crippen molar-refractivity contribution in [2.75, 3.05) is 0 Å². The first kappa shape index (κ1) is 27.9. The lowest BCUT2D eigenvalue weighted by molar-refractivity contribution is 1.18. The molecule has 0 bridgehead atoms. The minimum atomic E-state index is 0.670. The van der Waals surface area contributed by atoms with Gasteiger partial charge in [-0.1, -0.05) is 54.6 Å². The summed E-state index contributed by atoms with van der Waals surface area (Å²) in [5, 5.41) is 16.0. The van der Waals surface area contributed by atoms with Crippen LogP contribution in [0, 0.1) is 11.3 Å². The van der Waals surface area contributed by atoms with E-state index in [1.165, 1.54) is 20.2 Å². The van der Waals surface area contributed by atoms with E-state index in [1.54, 1.807) is 22.7 Å².